The van der Waals surface area contributed by atoms with Gasteiger partial charge in [-0.2, -0.15) is 0 Å². The first-order chi connectivity index (χ1) is 13.1. The Morgan fingerprint density at radius 1 is 1.07 bits per heavy atom. The second-order valence-electron chi connectivity index (χ2n) is 6.19. The van der Waals surface area contributed by atoms with Gasteiger partial charge in [0.2, 0.25) is 0 Å². The summed E-state index contributed by atoms with van der Waals surface area (Å²) in [4.78, 5) is 26.4. The molecule has 2 aromatic carbocycles. The van der Waals surface area contributed by atoms with Crippen molar-refractivity contribution in [1.82, 2.24) is 0 Å². The Morgan fingerprint density at radius 3 is 2.63 bits per heavy atom. The van der Waals surface area contributed by atoms with E-state index in [1.807, 2.05) is 4.90 Å². The quantitative estimate of drug-likeness (QED) is 0.769. The number of rotatable bonds is 3. The van der Waals surface area contributed by atoms with Gasteiger partial charge in [-0.15, -0.1) is 0 Å². The van der Waals surface area contributed by atoms with E-state index in [1.165, 1.54) is 6.07 Å². The lowest BCUT2D eigenvalue weighted by Crippen LogP contribution is -2.36. The summed E-state index contributed by atoms with van der Waals surface area (Å²) in [6.45, 7) is 2.34. The predicted octanol–water partition coefficient (Wildman–Crippen LogP) is 3.02. The van der Waals surface area contributed by atoms with Crippen molar-refractivity contribution < 1.29 is 18.3 Å². The van der Waals surface area contributed by atoms with Crippen LogP contribution in [0.3, 0.4) is 0 Å². The van der Waals surface area contributed by atoms with Crippen molar-refractivity contribution in [2.24, 2.45) is 0 Å². The Morgan fingerprint density at radius 2 is 1.85 bits per heavy atom. The molecule has 1 aromatic heterocycles. The van der Waals surface area contributed by atoms with E-state index in [2.05, 4.69) is 5.32 Å². The molecule has 1 aliphatic rings. The number of morpholine rings is 1. The standard InChI is InChI=1S/C20H17FN2O4/c21-15-11-13(5-6-16(15)23-7-9-26-10-8-23)22-20(25)19-12-17(24)14-3-1-2-4-18(14)27-19/h1-6,11-12H,7-10H2,(H,22,25). The maximum absolute atomic E-state index is 14.5. The molecule has 138 valence electrons. The van der Waals surface area contributed by atoms with E-state index in [0.29, 0.717) is 43.0 Å². The van der Waals surface area contributed by atoms with Gasteiger partial charge in [0, 0.05) is 24.8 Å². The number of carbonyl (C=O) groups excluding carboxylic acids is 1. The second kappa shape index (κ2) is 7.20. The van der Waals surface area contributed by atoms with Crippen LogP contribution in [0, 0.1) is 5.82 Å². The Kier molecular flexibility index (Phi) is 4.60. The third-order valence-electron chi connectivity index (χ3n) is 4.42. The highest BCUT2D eigenvalue weighted by molar-refractivity contribution is 6.03. The number of fused-ring (bicyclic) bond motifs is 1. The summed E-state index contributed by atoms with van der Waals surface area (Å²) in [5, 5.41) is 2.96. The number of nitrogens with one attached hydrogen (secondary N) is 1. The number of anilines is 2. The monoisotopic (exact) mass is 368 g/mol. The molecule has 0 saturated carbocycles. The van der Waals surface area contributed by atoms with Gasteiger partial charge in [0.25, 0.3) is 5.91 Å². The number of ether oxygens (including phenoxy) is 1. The van der Waals surface area contributed by atoms with Crippen LogP contribution >= 0.6 is 0 Å². The fourth-order valence-electron chi connectivity index (χ4n) is 3.05. The van der Waals surface area contributed by atoms with Crippen molar-refractivity contribution in [3.63, 3.8) is 0 Å². The summed E-state index contributed by atoms with van der Waals surface area (Å²) in [7, 11) is 0. The lowest BCUT2D eigenvalue weighted by Gasteiger charge is -2.29. The molecule has 7 heteroatoms. The molecule has 0 unspecified atom stereocenters. The Balaban J connectivity index is 1.56. The van der Waals surface area contributed by atoms with Crippen LogP contribution in [0.1, 0.15) is 10.6 Å². The molecule has 0 aliphatic carbocycles. The van der Waals surface area contributed by atoms with Crippen LogP contribution in [0.2, 0.25) is 0 Å². The minimum atomic E-state index is -0.614. The maximum atomic E-state index is 14.5. The predicted molar refractivity (Wildman–Crippen MR) is 99.9 cm³/mol. The molecule has 2 heterocycles. The topological polar surface area (TPSA) is 71.8 Å². The van der Waals surface area contributed by atoms with E-state index >= 15 is 0 Å². The first kappa shape index (κ1) is 17.2. The molecule has 0 radical (unpaired) electrons. The van der Waals surface area contributed by atoms with Gasteiger partial charge in [-0.05, 0) is 30.3 Å². The molecule has 1 N–H and O–H groups in total. The first-order valence-electron chi connectivity index (χ1n) is 8.58. The average Bonchev–Trinajstić information content (AvgIpc) is 2.69. The second-order valence-corrected chi connectivity index (χ2v) is 6.19. The molecule has 1 aliphatic heterocycles. The van der Waals surface area contributed by atoms with E-state index < -0.39 is 11.7 Å². The van der Waals surface area contributed by atoms with Gasteiger partial charge in [0.05, 0.1) is 24.3 Å². The number of nitrogens with zero attached hydrogens (tertiary/aromatic N) is 1. The van der Waals surface area contributed by atoms with Gasteiger partial charge in [-0.1, -0.05) is 12.1 Å². The minimum absolute atomic E-state index is 0.128. The average molecular weight is 368 g/mol. The summed E-state index contributed by atoms with van der Waals surface area (Å²) in [6, 6.07) is 12.3. The number of hydrogen-bond donors (Lipinski definition) is 1. The van der Waals surface area contributed by atoms with Crippen LogP contribution in [0.5, 0.6) is 0 Å². The third-order valence-corrected chi connectivity index (χ3v) is 4.42. The van der Waals surface area contributed by atoms with Crippen molar-refractivity contribution >= 4 is 28.3 Å². The van der Waals surface area contributed by atoms with E-state index in [-0.39, 0.29) is 16.9 Å². The number of carbonyl (C=O) groups is 1. The fraction of sp³-hybridized carbons (Fsp3) is 0.200. The molecule has 1 amide bonds. The van der Waals surface area contributed by atoms with E-state index in [9.17, 15) is 14.0 Å². The van der Waals surface area contributed by atoms with Crippen LogP contribution in [0.25, 0.3) is 11.0 Å². The lowest BCUT2D eigenvalue weighted by molar-refractivity contribution is 0.0997. The van der Waals surface area contributed by atoms with Crippen molar-refractivity contribution in [2.45, 2.75) is 0 Å². The molecule has 1 fully saturated rings. The smallest absolute Gasteiger partial charge is 0.291 e. The van der Waals surface area contributed by atoms with Crippen molar-refractivity contribution in [1.29, 1.82) is 0 Å². The van der Waals surface area contributed by atoms with Gasteiger partial charge in [0.15, 0.2) is 11.2 Å². The van der Waals surface area contributed by atoms with Gasteiger partial charge in [-0.25, -0.2) is 4.39 Å². The Hall–Kier alpha value is -3.19. The molecule has 3 aromatic rings. The largest absolute Gasteiger partial charge is 0.451 e. The molecule has 27 heavy (non-hydrogen) atoms. The fourth-order valence-corrected chi connectivity index (χ4v) is 3.05. The molecule has 0 atom stereocenters. The molecule has 0 bridgehead atoms. The SMILES string of the molecule is O=C(Nc1ccc(N2CCOCC2)c(F)c1)c1cc(=O)c2ccccc2o1. The summed E-state index contributed by atoms with van der Waals surface area (Å²) in [5.74, 6) is -1.18. The van der Waals surface area contributed by atoms with Crippen molar-refractivity contribution in [3.8, 4) is 0 Å². The van der Waals surface area contributed by atoms with Gasteiger partial charge >= 0.3 is 0 Å². The van der Waals surface area contributed by atoms with E-state index in [4.69, 9.17) is 9.15 Å². The third kappa shape index (κ3) is 3.54. The van der Waals surface area contributed by atoms with Gasteiger partial charge < -0.3 is 19.4 Å². The normalized spacial score (nSPS) is 14.3. The zero-order chi connectivity index (χ0) is 18.8. The minimum Gasteiger partial charge on any atom is -0.451 e. The van der Waals surface area contributed by atoms with E-state index in [0.717, 1.165) is 6.07 Å². The zero-order valence-corrected chi connectivity index (χ0v) is 14.4. The molecular weight excluding hydrogens is 351 g/mol. The van der Waals surface area contributed by atoms with Crippen LogP contribution in [0.4, 0.5) is 15.8 Å². The van der Waals surface area contributed by atoms with Crippen LogP contribution in [-0.2, 0) is 4.74 Å². The van der Waals surface area contributed by atoms with E-state index in [1.54, 1.807) is 36.4 Å². The highest BCUT2D eigenvalue weighted by atomic mass is 19.1. The number of para-hydroxylation sites is 1. The maximum Gasteiger partial charge on any atom is 0.291 e. The molecular formula is C20H17FN2O4. The Bertz CT molecular complexity index is 1060. The molecule has 4 rings (SSSR count). The van der Waals surface area contributed by atoms with Crippen LogP contribution < -0.4 is 15.6 Å². The number of amides is 1. The summed E-state index contributed by atoms with van der Waals surface area (Å²) in [5.41, 5.74) is 0.763. The van der Waals surface area contributed by atoms with Crippen LogP contribution in [0.15, 0.2) is 57.7 Å². The van der Waals surface area contributed by atoms with Crippen LogP contribution in [-0.4, -0.2) is 32.2 Å². The summed E-state index contributed by atoms with van der Waals surface area (Å²) >= 11 is 0. The first-order valence-corrected chi connectivity index (χ1v) is 8.58. The van der Waals surface area contributed by atoms with Gasteiger partial charge in [0.1, 0.15) is 11.4 Å². The molecule has 1 saturated heterocycles. The summed E-state index contributed by atoms with van der Waals surface area (Å²) < 4.78 is 25.2. The number of halogens is 1. The zero-order valence-electron chi connectivity index (χ0n) is 14.4. The molecule has 6 nitrogen and oxygen atoms in total. The van der Waals surface area contributed by atoms with Crippen molar-refractivity contribution in [3.05, 3.63) is 70.3 Å². The summed E-state index contributed by atoms with van der Waals surface area (Å²) in [6.07, 6.45) is 0. The highest BCUT2D eigenvalue weighted by Crippen LogP contribution is 2.24. The van der Waals surface area contributed by atoms with Gasteiger partial charge in [-0.3, -0.25) is 9.59 Å². The molecule has 0 spiro atoms. The number of hydrogen-bond acceptors (Lipinski definition) is 5. The number of benzene rings is 2. The lowest BCUT2D eigenvalue weighted by atomic mass is 10.2. The van der Waals surface area contributed by atoms with Crippen molar-refractivity contribution in [2.75, 3.05) is 36.5 Å². The highest BCUT2D eigenvalue weighted by Gasteiger charge is 2.17. The Labute approximate surface area is 154 Å².